The Hall–Kier alpha value is -1.75. The highest BCUT2D eigenvalue weighted by molar-refractivity contribution is 7.93. The molecular formula is C8H13N5O2S. The number of aryl methyl sites for hydroxylation is 1. The van der Waals surface area contributed by atoms with E-state index in [1.807, 2.05) is 0 Å². The van der Waals surface area contributed by atoms with Gasteiger partial charge in [0.1, 0.15) is 0 Å². The highest BCUT2D eigenvalue weighted by Gasteiger charge is 2.25. The van der Waals surface area contributed by atoms with E-state index in [1.165, 1.54) is 10.9 Å². The van der Waals surface area contributed by atoms with E-state index in [0.29, 0.717) is 0 Å². The van der Waals surface area contributed by atoms with Crippen molar-refractivity contribution in [2.75, 3.05) is 10.5 Å². The fourth-order valence-corrected chi connectivity index (χ4v) is 2.40. The summed E-state index contributed by atoms with van der Waals surface area (Å²) < 4.78 is 27.0. The summed E-state index contributed by atoms with van der Waals surface area (Å²) in [7, 11) is -2.19. The fourth-order valence-electron chi connectivity index (χ4n) is 1.17. The van der Waals surface area contributed by atoms with Gasteiger partial charge in [-0.1, -0.05) is 6.92 Å². The maximum atomic E-state index is 11.7. The number of hydrogen-bond acceptors (Lipinski definition) is 5. The molecule has 0 aliphatic heterocycles. The van der Waals surface area contributed by atoms with Gasteiger partial charge in [0.05, 0.1) is 18.0 Å². The first-order chi connectivity index (χ1) is 7.42. The lowest BCUT2D eigenvalue weighted by molar-refractivity contribution is 0.592. The third-order valence-electron chi connectivity index (χ3n) is 2.10. The summed E-state index contributed by atoms with van der Waals surface area (Å²) in [4.78, 5) is 0. The molecule has 0 fully saturated rings. The van der Waals surface area contributed by atoms with Crippen molar-refractivity contribution in [1.82, 2.24) is 9.78 Å². The summed E-state index contributed by atoms with van der Waals surface area (Å²) in [5.74, 6) is 0.175. The quantitative estimate of drug-likeness (QED) is 0.775. The van der Waals surface area contributed by atoms with Gasteiger partial charge in [-0.25, -0.2) is 8.42 Å². The van der Waals surface area contributed by atoms with Crippen LogP contribution >= 0.6 is 0 Å². The largest absolute Gasteiger partial charge is 0.394 e. The van der Waals surface area contributed by atoms with Crippen LogP contribution in [0.15, 0.2) is 6.20 Å². The van der Waals surface area contributed by atoms with E-state index in [9.17, 15) is 8.42 Å². The molecular weight excluding hydrogens is 230 g/mol. The molecule has 0 aromatic carbocycles. The number of sulfonamides is 1. The van der Waals surface area contributed by atoms with Gasteiger partial charge in [-0.05, 0) is 6.42 Å². The minimum absolute atomic E-state index is 0.175. The van der Waals surface area contributed by atoms with Gasteiger partial charge in [0.25, 0.3) is 0 Å². The van der Waals surface area contributed by atoms with Crippen LogP contribution in [0, 0.1) is 11.3 Å². The zero-order chi connectivity index (χ0) is 12.3. The van der Waals surface area contributed by atoms with Gasteiger partial charge in [-0.15, -0.1) is 0 Å². The first kappa shape index (κ1) is 12.3. The van der Waals surface area contributed by atoms with Crippen LogP contribution in [0.1, 0.15) is 13.3 Å². The van der Waals surface area contributed by atoms with Crippen molar-refractivity contribution in [2.45, 2.75) is 18.6 Å². The van der Waals surface area contributed by atoms with E-state index in [-0.39, 0.29) is 17.9 Å². The van der Waals surface area contributed by atoms with E-state index in [4.69, 9.17) is 11.0 Å². The Labute approximate surface area is 93.9 Å². The Morgan fingerprint density at radius 3 is 2.75 bits per heavy atom. The highest BCUT2D eigenvalue weighted by Crippen LogP contribution is 2.19. The molecule has 3 N–H and O–H groups in total. The summed E-state index contributed by atoms with van der Waals surface area (Å²) in [5.41, 5.74) is 5.76. The second-order valence-electron chi connectivity index (χ2n) is 3.25. The molecule has 1 atom stereocenters. The van der Waals surface area contributed by atoms with Crippen molar-refractivity contribution < 1.29 is 8.42 Å². The molecule has 88 valence electrons. The SMILES string of the molecule is CCC(C#N)S(=O)(=O)Nc1c(N)cnn1C. The number of nitrogen functional groups attached to an aromatic ring is 1. The van der Waals surface area contributed by atoms with Gasteiger partial charge in [0, 0.05) is 7.05 Å². The molecule has 1 unspecified atom stereocenters. The summed E-state index contributed by atoms with van der Waals surface area (Å²) in [6, 6.07) is 1.72. The van der Waals surface area contributed by atoms with Crippen molar-refractivity contribution in [3.8, 4) is 6.07 Å². The standard InChI is InChI=1S/C8H13N5O2S/c1-3-6(4-9)16(14,15)12-8-7(10)5-11-13(8)2/h5-6,12H,3,10H2,1-2H3. The van der Waals surface area contributed by atoms with E-state index < -0.39 is 15.3 Å². The maximum Gasteiger partial charge on any atom is 0.250 e. The molecule has 7 nitrogen and oxygen atoms in total. The number of nitrogens with one attached hydrogen (secondary N) is 1. The molecule has 0 bridgehead atoms. The molecule has 1 aromatic rings. The predicted octanol–water partition coefficient (Wildman–Crippen LogP) is 0.0462. The molecule has 0 saturated carbocycles. The van der Waals surface area contributed by atoms with Gasteiger partial charge in [0.2, 0.25) is 10.0 Å². The van der Waals surface area contributed by atoms with Crippen LogP contribution in [0.25, 0.3) is 0 Å². The average molecular weight is 243 g/mol. The summed E-state index contributed by atoms with van der Waals surface area (Å²) in [5, 5.41) is 11.4. The topological polar surface area (TPSA) is 114 Å². The first-order valence-corrected chi connectivity index (χ1v) is 6.15. The lowest BCUT2D eigenvalue weighted by atomic mass is 10.4. The number of rotatable bonds is 4. The monoisotopic (exact) mass is 243 g/mol. The van der Waals surface area contributed by atoms with Gasteiger partial charge in [-0.3, -0.25) is 9.40 Å². The third-order valence-corrected chi connectivity index (χ3v) is 3.76. The number of aromatic nitrogens is 2. The summed E-state index contributed by atoms with van der Waals surface area (Å²) in [6.45, 7) is 1.62. The number of nitrogens with zero attached hydrogens (tertiary/aromatic N) is 3. The lowest BCUT2D eigenvalue weighted by Crippen LogP contribution is -2.27. The van der Waals surface area contributed by atoms with Gasteiger partial charge in [0.15, 0.2) is 11.1 Å². The summed E-state index contributed by atoms with van der Waals surface area (Å²) in [6.07, 6.45) is 1.55. The molecule has 16 heavy (non-hydrogen) atoms. The van der Waals surface area contributed by atoms with Crippen LogP contribution in [0.3, 0.4) is 0 Å². The predicted molar refractivity (Wildman–Crippen MR) is 59.9 cm³/mol. The van der Waals surface area contributed by atoms with E-state index in [0.717, 1.165) is 0 Å². The second-order valence-corrected chi connectivity index (χ2v) is 5.11. The van der Waals surface area contributed by atoms with Crippen LogP contribution in [0.2, 0.25) is 0 Å². The van der Waals surface area contributed by atoms with E-state index in [1.54, 1.807) is 20.0 Å². The van der Waals surface area contributed by atoms with Crippen molar-refractivity contribution in [3.05, 3.63) is 6.20 Å². The molecule has 1 heterocycles. The minimum Gasteiger partial charge on any atom is -0.394 e. The number of anilines is 2. The minimum atomic E-state index is -3.74. The van der Waals surface area contributed by atoms with Crippen molar-refractivity contribution in [3.63, 3.8) is 0 Å². The number of nitriles is 1. The van der Waals surface area contributed by atoms with Crippen LogP contribution in [-0.4, -0.2) is 23.4 Å². The van der Waals surface area contributed by atoms with E-state index in [2.05, 4.69) is 9.82 Å². The van der Waals surface area contributed by atoms with Crippen LogP contribution in [-0.2, 0) is 17.1 Å². The summed E-state index contributed by atoms with van der Waals surface area (Å²) >= 11 is 0. The fraction of sp³-hybridized carbons (Fsp3) is 0.500. The maximum absolute atomic E-state index is 11.7. The Kier molecular flexibility index (Phi) is 3.39. The van der Waals surface area contributed by atoms with Gasteiger partial charge < -0.3 is 5.73 Å². The molecule has 1 rings (SSSR count). The van der Waals surface area contributed by atoms with Gasteiger partial charge >= 0.3 is 0 Å². The molecule has 0 aliphatic rings. The number of nitrogens with two attached hydrogens (primary N) is 1. The van der Waals surface area contributed by atoms with Crippen LogP contribution in [0.5, 0.6) is 0 Å². The highest BCUT2D eigenvalue weighted by atomic mass is 32.2. The molecule has 0 saturated heterocycles. The zero-order valence-electron chi connectivity index (χ0n) is 9.01. The molecule has 0 spiro atoms. The zero-order valence-corrected chi connectivity index (χ0v) is 9.82. The third kappa shape index (κ3) is 2.25. The lowest BCUT2D eigenvalue weighted by Gasteiger charge is -2.11. The second kappa shape index (κ2) is 4.40. The smallest absolute Gasteiger partial charge is 0.250 e. The van der Waals surface area contributed by atoms with Crippen LogP contribution in [0.4, 0.5) is 11.5 Å². The molecule has 1 aromatic heterocycles. The van der Waals surface area contributed by atoms with E-state index >= 15 is 0 Å². The Bertz CT molecular complexity index is 494. The molecule has 0 radical (unpaired) electrons. The van der Waals surface area contributed by atoms with Crippen LogP contribution < -0.4 is 10.5 Å². The Morgan fingerprint density at radius 2 is 2.38 bits per heavy atom. The Balaban J connectivity index is 3.03. The normalized spacial score (nSPS) is 13.1. The Morgan fingerprint density at radius 1 is 1.75 bits per heavy atom. The van der Waals surface area contributed by atoms with Crippen molar-refractivity contribution in [2.24, 2.45) is 7.05 Å². The van der Waals surface area contributed by atoms with Gasteiger partial charge in [-0.2, -0.15) is 10.4 Å². The number of hydrogen-bond donors (Lipinski definition) is 2. The molecule has 0 amide bonds. The molecule has 8 heteroatoms. The van der Waals surface area contributed by atoms with Crippen molar-refractivity contribution >= 4 is 21.5 Å². The van der Waals surface area contributed by atoms with Crippen molar-refractivity contribution in [1.29, 1.82) is 5.26 Å². The average Bonchev–Trinajstić information content (AvgIpc) is 2.50. The molecule has 0 aliphatic carbocycles. The first-order valence-electron chi connectivity index (χ1n) is 4.61.